The molecule has 0 amide bonds. The van der Waals surface area contributed by atoms with Crippen LogP contribution in [-0.2, 0) is 10.9 Å². The molecule has 0 aromatic heterocycles. The summed E-state index contributed by atoms with van der Waals surface area (Å²) in [5, 5.41) is 2.95. The van der Waals surface area contributed by atoms with Gasteiger partial charge in [0.05, 0.1) is 5.02 Å². The zero-order chi connectivity index (χ0) is 17.2. The second-order valence-electron chi connectivity index (χ2n) is 6.40. The molecule has 2 heterocycles. The first-order valence-electron chi connectivity index (χ1n) is 8.27. The maximum Gasteiger partial charge on any atom is 0.421 e. The highest BCUT2D eigenvalue weighted by atomic mass is 35.5. The van der Waals surface area contributed by atoms with Gasteiger partial charge in [-0.1, -0.05) is 17.7 Å². The lowest BCUT2D eigenvalue weighted by atomic mass is 9.85. The van der Waals surface area contributed by atoms with Crippen molar-refractivity contribution in [3.63, 3.8) is 0 Å². The summed E-state index contributed by atoms with van der Waals surface area (Å²) in [7, 11) is 0. The van der Waals surface area contributed by atoms with Crippen molar-refractivity contribution < 1.29 is 22.6 Å². The van der Waals surface area contributed by atoms with Crippen LogP contribution in [0.15, 0.2) is 18.2 Å². The summed E-state index contributed by atoms with van der Waals surface area (Å²) >= 11 is 5.81. The quantitative estimate of drug-likeness (QED) is 0.872. The fourth-order valence-corrected chi connectivity index (χ4v) is 3.88. The highest BCUT2D eigenvalue weighted by Gasteiger charge is 2.40. The molecule has 7 heteroatoms. The zero-order valence-corrected chi connectivity index (χ0v) is 14.0. The number of rotatable bonds is 4. The van der Waals surface area contributed by atoms with Crippen LogP contribution in [0, 0.1) is 11.8 Å². The maximum absolute atomic E-state index is 13.4. The van der Waals surface area contributed by atoms with Crippen molar-refractivity contribution in [1.82, 2.24) is 5.32 Å². The normalized spacial score (nSPS) is 24.1. The third-order valence-electron chi connectivity index (χ3n) is 4.82. The predicted molar refractivity (Wildman–Crippen MR) is 85.4 cm³/mol. The lowest BCUT2D eigenvalue weighted by Crippen LogP contribution is -2.39. The molecule has 0 saturated carbocycles. The molecular weight excluding hydrogens is 343 g/mol. The van der Waals surface area contributed by atoms with E-state index in [4.69, 9.17) is 21.1 Å². The molecule has 1 aromatic carbocycles. The lowest BCUT2D eigenvalue weighted by molar-refractivity contribution is -0.139. The van der Waals surface area contributed by atoms with Crippen molar-refractivity contribution in [3.8, 4) is 5.75 Å². The van der Waals surface area contributed by atoms with Crippen LogP contribution >= 0.6 is 11.6 Å². The average Bonchev–Trinajstić information content (AvgIpc) is 3.06. The molecule has 0 aliphatic carbocycles. The van der Waals surface area contributed by atoms with Gasteiger partial charge in [-0.15, -0.1) is 0 Å². The fraction of sp³-hybridized carbons (Fsp3) is 0.647. The summed E-state index contributed by atoms with van der Waals surface area (Å²) in [4.78, 5) is 0. The number of benzene rings is 1. The second kappa shape index (κ2) is 7.50. The van der Waals surface area contributed by atoms with Gasteiger partial charge in [-0.25, -0.2) is 0 Å². The first kappa shape index (κ1) is 17.8. The van der Waals surface area contributed by atoms with Crippen LogP contribution in [0.5, 0.6) is 5.75 Å². The van der Waals surface area contributed by atoms with Gasteiger partial charge >= 0.3 is 6.18 Å². The number of nitrogens with one attached hydrogen (secondary N) is 1. The molecule has 2 saturated heterocycles. The Morgan fingerprint density at radius 2 is 1.92 bits per heavy atom. The SMILES string of the molecule is FC(F)(F)c1c(Cl)cccc1O[C@@H](C1CCOCC1)[C@@H]1CCNC1. The lowest BCUT2D eigenvalue weighted by Gasteiger charge is -2.35. The van der Waals surface area contributed by atoms with E-state index >= 15 is 0 Å². The molecule has 2 atom stereocenters. The highest BCUT2D eigenvalue weighted by Crippen LogP contribution is 2.42. The standard InChI is InChI=1S/C17H21ClF3NO2/c18-13-2-1-3-14(15(13)17(19,20)21)24-16(12-4-7-22-10-12)11-5-8-23-9-6-11/h1-3,11-12,16,22H,4-10H2/t12-,16+/m1/s1. The molecule has 24 heavy (non-hydrogen) atoms. The summed E-state index contributed by atoms with van der Waals surface area (Å²) in [6.07, 6.45) is -2.28. The second-order valence-corrected chi connectivity index (χ2v) is 6.80. The fourth-order valence-electron chi connectivity index (χ4n) is 3.60. The Morgan fingerprint density at radius 1 is 1.17 bits per heavy atom. The Balaban J connectivity index is 1.88. The topological polar surface area (TPSA) is 30.5 Å². The van der Waals surface area contributed by atoms with Crippen LogP contribution in [-0.4, -0.2) is 32.4 Å². The Bertz CT molecular complexity index is 555. The molecule has 0 radical (unpaired) electrons. The van der Waals surface area contributed by atoms with Crippen molar-refractivity contribution >= 4 is 11.6 Å². The zero-order valence-electron chi connectivity index (χ0n) is 13.2. The molecular formula is C17H21ClF3NO2. The van der Waals surface area contributed by atoms with E-state index in [9.17, 15) is 13.2 Å². The summed E-state index contributed by atoms with van der Waals surface area (Å²) in [5.74, 6) is 0.232. The van der Waals surface area contributed by atoms with E-state index in [2.05, 4.69) is 5.32 Å². The van der Waals surface area contributed by atoms with Crippen molar-refractivity contribution in [2.45, 2.75) is 31.5 Å². The first-order valence-corrected chi connectivity index (χ1v) is 8.65. The highest BCUT2D eigenvalue weighted by molar-refractivity contribution is 6.31. The summed E-state index contributed by atoms with van der Waals surface area (Å²) in [6.45, 7) is 2.90. The minimum Gasteiger partial charge on any atom is -0.489 e. The predicted octanol–water partition coefficient (Wildman–Crippen LogP) is 4.14. The molecule has 1 N–H and O–H groups in total. The van der Waals surface area contributed by atoms with Crippen LogP contribution < -0.4 is 10.1 Å². The third-order valence-corrected chi connectivity index (χ3v) is 5.13. The number of alkyl halides is 3. The number of ether oxygens (including phenoxy) is 2. The molecule has 0 bridgehead atoms. The smallest absolute Gasteiger partial charge is 0.421 e. The summed E-state index contributed by atoms with van der Waals surface area (Å²) < 4.78 is 51.5. The summed E-state index contributed by atoms with van der Waals surface area (Å²) in [5.41, 5.74) is -0.880. The van der Waals surface area contributed by atoms with E-state index in [1.54, 1.807) is 0 Å². The van der Waals surface area contributed by atoms with Crippen LogP contribution in [0.4, 0.5) is 13.2 Å². The van der Waals surface area contributed by atoms with Crippen LogP contribution in [0.1, 0.15) is 24.8 Å². The minimum absolute atomic E-state index is 0.168. The average molecular weight is 364 g/mol. The molecule has 2 aliphatic heterocycles. The van der Waals surface area contributed by atoms with E-state index in [0.717, 1.165) is 32.4 Å². The van der Waals surface area contributed by atoms with Crippen LogP contribution in [0.3, 0.4) is 0 Å². The molecule has 3 nitrogen and oxygen atoms in total. The molecule has 3 rings (SSSR count). The Morgan fingerprint density at radius 3 is 2.54 bits per heavy atom. The minimum atomic E-state index is -4.54. The van der Waals surface area contributed by atoms with Crippen molar-refractivity contribution in [3.05, 3.63) is 28.8 Å². The number of hydrogen-bond acceptors (Lipinski definition) is 3. The summed E-state index contributed by atoms with van der Waals surface area (Å²) in [6, 6.07) is 4.11. The van der Waals surface area contributed by atoms with Gasteiger partial charge in [-0.05, 0) is 37.9 Å². The maximum atomic E-state index is 13.4. The van der Waals surface area contributed by atoms with Crippen molar-refractivity contribution in [1.29, 1.82) is 0 Å². The van der Waals surface area contributed by atoms with Crippen LogP contribution in [0.2, 0.25) is 5.02 Å². The van der Waals surface area contributed by atoms with E-state index in [0.29, 0.717) is 13.2 Å². The van der Waals surface area contributed by atoms with Gasteiger partial charge in [0.15, 0.2) is 0 Å². The first-order chi connectivity index (χ1) is 11.5. The van der Waals surface area contributed by atoms with Gasteiger partial charge in [0, 0.05) is 31.6 Å². The van der Waals surface area contributed by atoms with E-state index < -0.39 is 11.7 Å². The monoisotopic (exact) mass is 363 g/mol. The molecule has 2 aliphatic rings. The molecule has 0 unspecified atom stereocenters. The largest absolute Gasteiger partial charge is 0.489 e. The number of hydrogen-bond donors (Lipinski definition) is 1. The van der Waals surface area contributed by atoms with E-state index in [-0.39, 0.29) is 28.7 Å². The Kier molecular flexibility index (Phi) is 5.57. The molecule has 134 valence electrons. The Hall–Kier alpha value is -0.980. The van der Waals surface area contributed by atoms with Crippen molar-refractivity contribution in [2.75, 3.05) is 26.3 Å². The van der Waals surface area contributed by atoms with E-state index in [1.807, 2.05) is 0 Å². The van der Waals surface area contributed by atoms with Gasteiger partial charge in [-0.2, -0.15) is 13.2 Å². The third kappa shape index (κ3) is 3.98. The van der Waals surface area contributed by atoms with Gasteiger partial charge in [0.1, 0.15) is 17.4 Å². The van der Waals surface area contributed by atoms with Gasteiger partial charge in [-0.3, -0.25) is 0 Å². The van der Waals surface area contributed by atoms with Crippen molar-refractivity contribution in [2.24, 2.45) is 11.8 Å². The van der Waals surface area contributed by atoms with E-state index in [1.165, 1.54) is 18.2 Å². The van der Waals surface area contributed by atoms with Gasteiger partial charge in [0.25, 0.3) is 0 Å². The molecule has 1 aromatic rings. The molecule has 0 spiro atoms. The van der Waals surface area contributed by atoms with Gasteiger partial charge < -0.3 is 14.8 Å². The van der Waals surface area contributed by atoms with Crippen LogP contribution in [0.25, 0.3) is 0 Å². The molecule has 2 fully saturated rings. The number of halogens is 4. The van der Waals surface area contributed by atoms with Gasteiger partial charge in [0.2, 0.25) is 0 Å². The Labute approximate surface area is 144 Å².